The third-order valence-corrected chi connectivity index (χ3v) is 2.77. The smallest absolute Gasteiger partial charge is 0.0343 e. The highest BCUT2D eigenvalue weighted by Crippen LogP contribution is 2.16. The van der Waals surface area contributed by atoms with Crippen molar-refractivity contribution in [1.82, 2.24) is 0 Å². The zero-order valence-corrected chi connectivity index (χ0v) is 9.93. The lowest BCUT2D eigenvalue weighted by Gasteiger charge is -2.18. The van der Waals surface area contributed by atoms with E-state index in [4.69, 9.17) is 0 Å². The normalized spacial score (nSPS) is 13.0. The molecule has 1 nitrogen and oxygen atoms in total. The van der Waals surface area contributed by atoms with Crippen LogP contribution in [0, 0.1) is 5.92 Å². The minimum Gasteiger partial charge on any atom is -0.382 e. The first-order valence-corrected chi connectivity index (χ1v) is 5.41. The Morgan fingerprint density at radius 1 is 1.08 bits per heavy atom. The van der Waals surface area contributed by atoms with Crippen molar-refractivity contribution in [2.24, 2.45) is 5.92 Å². The Labute approximate surface area is 88.7 Å². The molecule has 0 aromatic heterocycles. The summed E-state index contributed by atoms with van der Waals surface area (Å²) in [5.41, 5.74) is 1.18. The molecule has 0 spiro atoms. The molecular formula is C11H16BrN. The first-order valence-electron chi connectivity index (χ1n) is 4.61. The van der Waals surface area contributed by atoms with Crippen molar-refractivity contribution in [2.75, 3.05) is 5.32 Å². The summed E-state index contributed by atoms with van der Waals surface area (Å²) in [6.45, 7) is 6.64. The van der Waals surface area contributed by atoms with E-state index in [0.29, 0.717) is 12.0 Å². The second kappa shape index (κ2) is 4.66. The Balaban J connectivity index is 2.59. The molecule has 1 atom stereocenters. The second-order valence-corrected chi connectivity index (χ2v) is 4.60. The molecular weight excluding hydrogens is 226 g/mol. The van der Waals surface area contributed by atoms with Gasteiger partial charge in [-0.1, -0.05) is 29.8 Å². The summed E-state index contributed by atoms with van der Waals surface area (Å²) in [7, 11) is 0. The number of anilines is 1. The maximum absolute atomic E-state index is 3.45. The summed E-state index contributed by atoms with van der Waals surface area (Å²) in [6, 6.07) is 8.79. The van der Waals surface area contributed by atoms with E-state index in [2.05, 4.69) is 66.3 Å². The van der Waals surface area contributed by atoms with Crippen molar-refractivity contribution in [2.45, 2.75) is 26.8 Å². The first-order chi connectivity index (χ1) is 6.09. The van der Waals surface area contributed by atoms with Crippen molar-refractivity contribution in [3.05, 3.63) is 28.7 Å². The average Bonchev–Trinajstić information content (AvgIpc) is 2.08. The van der Waals surface area contributed by atoms with Gasteiger partial charge in [0.2, 0.25) is 0 Å². The predicted molar refractivity (Wildman–Crippen MR) is 62.1 cm³/mol. The highest BCUT2D eigenvalue weighted by atomic mass is 79.9. The first kappa shape index (κ1) is 10.6. The Bertz CT molecular complexity index is 253. The van der Waals surface area contributed by atoms with Crippen molar-refractivity contribution < 1.29 is 0 Å². The lowest BCUT2D eigenvalue weighted by atomic mass is 10.1. The van der Waals surface area contributed by atoms with Crippen LogP contribution in [0.15, 0.2) is 28.7 Å². The largest absolute Gasteiger partial charge is 0.382 e. The third-order valence-electron chi connectivity index (χ3n) is 2.24. The lowest BCUT2D eigenvalue weighted by molar-refractivity contribution is 0.560. The molecule has 0 saturated heterocycles. The molecule has 0 aliphatic heterocycles. The van der Waals surface area contributed by atoms with E-state index < -0.39 is 0 Å². The number of hydrogen-bond acceptors (Lipinski definition) is 1. The van der Waals surface area contributed by atoms with Crippen LogP contribution in [0.4, 0.5) is 5.69 Å². The third kappa shape index (κ3) is 3.39. The summed E-state index contributed by atoms with van der Waals surface area (Å²) >= 11 is 3.41. The minimum atomic E-state index is 0.515. The summed E-state index contributed by atoms with van der Waals surface area (Å²) in [4.78, 5) is 0. The summed E-state index contributed by atoms with van der Waals surface area (Å²) in [5.74, 6) is 0.656. The number of halogens is 1. The maximum atomic E-state index is 3.45. The Hall–Kier alpha value is -0.500. The van der Waals surface area contributed by atoms with E-state index in [-0.39, 0.29) is 0 Å². The van der Waals surface area contributed by atoms with Gasteiger partial charge in [-0.3, -0.25) is 0 Å². The SMILES string of the molecule is CC(C)C(C)Nc1ccc(Br)cc1. The fraction of sp³-hybridized carbons (Fsp3) is 0.455. The van der Waals surface area contributed by atoms with Crippen LogP contribution < -0.4 is 5.32 Å². The molecule has 1 aromatic carbocycles. The van der Waals surface area contributed by atoms with Gasteiger partial charge in [0.1, 0.15) is 0 Å². The number of hydrogen-bond donors (Lipinski definition) is 1. The quantitative estimate of drug-likeness (QED) is 0.847. The molecule has 1 unspecified atom stereocenters. The standard InChI is InChI=1S/C11H16BrN/c1-8(2)9(3)13-11-6-4-10(12)5-7-11/h4-9,13H,1-3H3. The lowest BCUT2D eigenvalue weighted by Crippen LogP contribution is -2.21. The average molecular weight is 242 g/mol. The Morgan fingerprint density at radius 3 is 2.08 bits per heavy atom. The van der Waals surface area contributed by atoms with Crippen molar-refractivity contribution in [3.63, 3.8) is 0 Å². The molecule has 13 heavy (non-hydrogen) atoms. The van der Waals surface area contributed by atoms with Crippen LogP contribution in [-0.2, 0) is 0 Å². The van der Waals surface area contributed by atoms with E-state index in [0.717, 1.165) is 4.47 Å². The molecule has 2 heteroatoms. The molecule has 1 rings (SSSR count). The molecule has 0 bridgehead atoms. The van der Waals surface area contributed by atoms with E-state index in [1.807, 2.05) is 0 Å². The maximum Gasteiger partial charge on any atom is 0.0343 e. The molecule has 0 saturated carbocycles. The summed E-state index contributed by atoms with van der Waals surface area (Å²) < 4.78 is 1.12. The van der Waals surface area contributed by atoms with Crippen molar-refractivity contribution in [1.29, 1.82) is 0 Å². The van der Waals surface area contributed by atoms with E-state index in [1.165, 1.54) is 5.69 Å². The van der Waals surface area contributed by atoms with Gasteiger partial charge < -0.3 is 5.32 Å². The molecule has 1 N–H and O–H groups in total. The highest BCUT2D eigenvalue weighted by Gasteiger charge is 2.05. The van der Waals surface area contributed by atoms with Crippen molar-refractivity contribution >= 4 is 21.6 Å². The molecule has 1 aromatic rings. The predicted octanol–water partition coefficient (Wildman–Crippen LogP) is 3.91. The monoisotopic (exact) mass is 241 g/mol. The van der Waals surface area contributed by atoms with Gasteiger partial charge in [0, 0.05) is 16.2 Å². The van der Waals surface area contributed by atoms with E-state index >= 15 is 0 Å². The Kier molecular flexibility index (Phi) is 3.79. The van der Waals surface area contributed by atoms with Crippen LogP contribution in [0.1, 0.15) is 20.8 Å². The van der Waals surface area contributed by atoms with Gasteiger partial charge in [0.15, 0.2) is 0 Å². The van der Waals surface area contributed by atoms with Crippen LogP contribution in [-0.4, -0.2) is 6.04 Å². The van der Waals surface area contributed by atoms with Crippen LogP contribution in [0.25, 0.3) is 0 Å². The van der Waals surface area contributed by atoms with Crippen LogP contribution >= 0.6 is 15.9 Å². The zero-order valence-electron chi connectivity index (χ0n) is 8.34. The second-order valence-electron chi connectivity index (χ2n) is 3.68. The molecule has 0 heterocycles. The molecule has 0 radical (unpaired) electrons. The van der Waals surface area contributed by atoms with E-state index in [9.17, 15) is 0 Å². The van der Waals surface area contributed by atoms with Crippen LogP contribution in [0.3, 0.4) is 0 Å². The van der Waals surface area contributed by atoms with Gasteiger partial charge in [-0.25, -0.2) is 0 Å². The minimum absolute atomic E-state index is 0.515. The summed E-state index contributed by atoms with van der Waals surface area (Å²) in [5, 5.41) is 3.45. The van der Waals surface area contributed by atoms with Gasteiger partial charge in [0.25, 0.3) is 0 Å². The topological polar surface area (TPSA) is 12.0 Å². The number of rotatable bonds is 3. The van der Waals surface area contributed by atoms with Gasteiger partial charge in [-0.05, 0) is 37.1 Å². The Morgan fingerprint density at radius 2 is 1.62 bits per heavy atom. The number of benzene rings is 1. The molecule has 72 valence electrons. The van der Waals surface area contributed by atoms with Crippen LogP contribution in [0.2, 0.25) is 0 Å². The van der Waals surface area contributed by atoms with Gasteiger partial charge in [-0.2, -0.15) is 0 Å². The van der Waals surface area contributed by atoms with Gasteiger partial charge >= 0.3 is 0 Å². The fourth-order valence-corrected chi connectivity index (χ4v) is 1.24. The molecule has 0 aliphatic rings. The fourth-order valence-electron chi connectivity index (χ4n) is 0.976. The van der Waals surface area contributed by atoms with Gasteiger partial charge in [-0.15, -0.1) is 0 Å². The molecule has 0 amide bonds. The zero-order chi connectivity index (χ0) is 9.84. The number of nitrogens with one attached hydrogen (secondary N) is 1. The van der Waals surface area contributed by atoms with Gasteiger partial charge in [0.05, 0.1) is 0 Å². The van der Waals surface area contributed by atoms with E-state index in [1.54, 1.807) is 0 Å². The molecule has 0 fully saturated rings. The van der Waals surface area contributed by atoms with Crippen molar-refractivity contribution in [3.8, 4) is 0 Å². The highest BCUT2D eigenvalue weighted by molar-refractivity contribution is 9.10. The summed E-state index contributed by atoms with van der Waals surface area (Å²) in [6.07, 6.45) is 0. The van der Waals surface area contributed by atoms with Crippen LogP contribution in [0.5, 0.6) is 0 Å². The molecule has 0 aliphatic carbocycles.